The zero-order valence-corrected chi connectivity index (χ0v) is 12.2. The molecule has 1 fully saturated rings. The number of ketones is 1. The molecule has 1 aliphatic rings. The summed E-state index contributed by atoms with van der Waals surface area (Å²) in [5, 5.41) is 0. The highest BCUT2D eigenvalue weighted by Gasteiger charge is 2.30. The molecule has 0 amide bonds. The fourth-order valence-corrected chi connectivity index (χ4v) is 2.30. The lowest BCUT2D eigenvalue weighted by atomic mass is 10.0. The molecule has 2 aromatic rings. The molecule has 2 aromatic carbocycles. The van der Waals surface area contributed by atoms with Crippen LogP contribution in [0, 0.1) is 0 Å². The Balaban J connectivity index is 1.70. The summed E-state index contributed by atoms with van der Waals surface area (Å²) in [5.74, 6) is -1.24. The quantitative estimate of drug-likeness (QED) is 0.640. The lowest BCUT2D eigenvalue weighted by Gasteiger charge is -2.08. The summed E-state index contributed by atoms with van der Waals surface area (Å²) in [6.45, 7) is 0.265. The Bertz CT molecular complexity index is 734. The maximum absolute atomic E-state index is 12.3. The van der Waals surface area contributed by atoms with Crippen LogP contribution in [0.3, 0.4) is 0 Å². The number of ether oxygens (including phenoxy) is 2. The van der Waals surface area contributed by atoms with Crippen LogP contribution in [0.4, 0.5) is 0 Å². The van der Waals surface area contributed by atoms with Gasteiger partial charge in [0.15, 0.2) is 5.78 Å². The van der Waals surface area contributed by atoms with Crippen molar-refractivity contribution in [2.75, 3.05) is 6.61 Å². The number of carbonyl (C=O) groups excluding carboxylic acids is 3. The van der Waals surface area contributed by atoms with Crippen molar-refractivity contribution < 1.29 is 23.9 Å². The van der Waals surface area contributed by atoms with E-state index in [4.69, 9.17) is 9.47 Å². The first kappa shape index (κ1) is 15.0. The number of hydrogen-bond acceptors (Lipinski definition) is 5. The maximum Gasteiger partial charge on any atom is 0.347 e. The van der Waals surface area contributed by atoms with Crippen molar-refractivity contribution in [1.29, 1.82) is 0 Å². The van der Waals surface area contributed by atoms with Gasteiger partial charge in [-0.1, -0.05) is 42.5 Å². The highest BCUT2D eigenvalue weighted by atomic mass is 16.6. The number of esters is 2. The molecule has 0 aliphatic carbocycles. The van der Waals surface area contributed by atoms with Gasteiger partial charge >= 0.3 is 11.9 Å². The molecule has 0 N–H and O–H groups in total. The molecule has 1 aliphatic heterocycles. The average molecular weight is 310 g/mol. The highest BCUT2D eigenvalue weighted by molar-refractivity contribution is 6.09. The minimum Gasteiger partial charge on any atom is -0.463 e. The Kier molecular flexibility index (Phi) is 4.19. The predicted octanol–water partition coefficient (Wildman–Crippen LogP) is 2.39. The van der Waals surface area contributed by atoms with Crippen LogP contribution < -0.4 is 0 Å². The Morgan fingerprint density at radius 1 is 0.913 bits per heavy atom. The van der Waals surface area contributed by atoms with Crippen molar-refractivity contribution in [2.45, 2.75) is 12.5 Å². The van der Waals surface area contributed by atoms with E-state index < -0.39 is 18.0 Å². The summed E-state index contributed by atoms with van der Waals surface area (Å²) < 4.78 is 9.84. The topological polar surface area (TPSA) is 69.7 Å². The summed E-state index contributed by atoms with van der Waals surface area (Å²) in [7, 11) is 0. The van der Waals surface area contributed by atoms with Gasteiger partial charge < -0.3 is 9.47 Å². The average Bonchev–Trinajstić information content (AvgIpc) is 3.00. The van der Waals surface area contributed by atoms with E-state index in [0.29, 0.717) is 17.5 Å². The molecule has 0 saturated carbocycles. The Labute approximate surface area is 132 Å². The van der Waals surface area contributed by atoms with Gasteiger partial charge in [-0.2, -0.15) is 0 Å². The molecule has 0 radical (unpaired) electrons. The van der Waals surface area contributed by atoms with Crippen LogP contribution in [-0.2, 0) is 14.3 Å². The van der Waals surface area contributed by atoms with Gasteiger partial charge in [-0.15, -0.1) is 0 Å². The van der Waals surface area contributed by atoms with Gasteiger partial charge in [0.25, 0.3) is 0 Å². The minimum absolute atomic E-state index is 0.120. The van der Waals surface area contributed by atoms with E-state index >= 15 is 0 Å². The van der Waals surface area contributed by atoms with E-state index in [0.717, 1.165) is 0 Å². The standard InChI is InChI=1S/C18H14O5/c19-16(12-4-2-1-3-5-12)13-6-8-14(9-7-13)17(20)23-15-10-11-22-18(15)21/h1-9,15H,10-11H2. The first-order chi connectivity index (χ1) is 11.1. The summed E-state index contributed by atoms with van der Waals surface area (Å²) in [6, 6.07) is 15.0. The molecule has 5 heteroatoms. The van der Waals surface area contributed by atoms with Gasteiger partial charge in [-0.25, -0.2) is 9.59 Å². The maximum atomic E-state index is 12.3. The molecular formula is C18H14O5. The van der Waals surface area contributed by atoms with Crippen LogP contribution in [0.1, 0.15) is 32.7 Å². The largest absolute Gasteiger partial charge is 0.463 e. The molecule has 116 valence electrons. The van der Waals surface area contributed by atoms with Gasteiger partial charge in [-0.3, -0.25) is 4.79 Å². The number of cyclic esters (lactones) is 1. The molecule has 1 unspecified atom stereocenters. The Morgan fingerprint density at radius 2 is 1.52 bits per heavy atom. The lowest BCUT2D eigenvalue weighted by molar-refractivity contribution is -0.145. The summed E-state index contributed by atoms with van der Waals surface area (Å²) in [4.78, 5) is 35.6. The van der Waals surface area contributed by atoms with Gasteiger partial charge in [-0.05, 0) is 12.1 Å². The number of hydrogen-bond donors (Lipinski definition) is 0. The van der Waals surface area contributed by atoms with Crippen LogP contribution in [0.2, 0.25) is 0 Å². The van der Waals surface area contributed by atoms with E-state index in [1.165, 1.54) is 12.1 Å². The zero-order valence-electron chi connectivity index (χ0n) is 12.2. The van der Waals surface area contributed by atoms with E-state index in [-0.39, 0.29) is 18.0 Å². The fourth-order valence-electron chi connectivity index (χ4n) is 2.30. The Hall–Kier alpha value is -2.95. The predicted molar refractivity (Wildman–Crippen MR) is 81.1 cm³/mol. The van der Waals surface area contributed by atoms with Crippen molar-refractivity contribution in [2.24, 2.45) is 0 Å². The molecule has 1 heterocycles. The van der Waals surface area contributed by atoms with Crippen LogP contribution in [-0.4, -0.2) is 30.4 Å². The summed E-state index contributed by atoms with van der Waals surface area (Å²) >= 11 is 0. The lowest BCUT2D eigenvalue weighted by Crippen LogP contribution is -2.22. The van der Waals surface area contributed by atoms with E-state index in [9.17, 15) is 14.4 Å². The van der Waals surface area contributed by atoms with Gasteiger partial charge in [0.1, 0.15) is 0 Å². The molecule has 1 atom stereocenters. The highest BCUT2D eigenvalue weighted by Crippen LogP contribution is 2.15. The first-order valence-electron chi connectivity index (χ1n) is 7.22. The number of carbonyl (C=O) groups is 3. The second-order valence-corrected chi connectivity index (χ2v) is 5.12. The van der Waals surface area contributed by atoms with Crippen LogP contribution in [0.25, 0.3) is 0 Å². The molecule has 23 heavy (non-hydrogen) atoms. The molecule has 0 spiro atoms. The van der Waals surface area contributed by atoms with Gasteiger partial charge in [0.05, 0.1) is 12.2 Å². The molecule has 1 saturated heterocycles. The second-order valence-electron chi connectivity index (χ2n) is 5.12. The number of benzene rings is 2. The molecule has 0 bridgehead atoms. The van der Waals surface area contributed by atoms with Crippen LogP contribution in [0.5, 0.6) is 0 Å². The Morgan fingerprint density at radius 3 is 2.13 bits per heavy atom. The van der Waals surface area contributed by atoms with Gasteiger partial charge in [0.2, 0.25) is 6.10 Å². The zero-order chi connectivity index (χ0) is 16.2. The smallest absolute Gasteiger partial charge is 0.347 e. The van der Waals surface area contributed by atoms with Crippen molar-refractivity contribution in [1.82, 2.24) is 0 Å². The SMILES string of the molecule is O=C(OC1CCOC1=O)c1ccc(C(=O)c2ccccc2)cc1. The molecular weight excluding hydrogens is 296 g/mol. The van der Waals surface area contributed by atoms with Gasteiger partial charge in [0, 0.05) is 17.5 Å². The second kappa shape index (κ2) is 6.44. The third-order valence-corrected chi connectivity index (χ3v) is 3.56. The van der Waals surface area contributed by atoms with Crippen LogP contribution >= 0.6 is 0 Å². The van der Waals surface area contributed by atoms with Crippen molar-refractivity contribution in [3.8, 4) is 0 Å². The monoisotopic (exact) mass is 310 g/mol. The van der Waals surface area contributed by atoms with E-state index in [1.807, 2.05) is 6.07 Å². The normalized spacial score (nSPS) is 16.7. The van der Waals surface area contributed by atoms with E-state index in [1.54, 1.807) is 36.4 Å². The minimum atomic E-state index is -0.840. The molecule has 3 rings (SSSR count). The fraction of sp³-hybridized carbons (Fsp3) is 0.167. The van der Waals surface area contributed by atoms with Crippen molar-refractivity contribution in [3.05, 3.63) is 71.3 Å². The van der Waals surface area contributed by atoms with Crippen molar-refractivity contribution in [3.63, 3.8) is 0 Å². The molecule has 5 nitrogen and oxygen atoms in total. The summed E-state index contributed by atoms with van der Waals surface area (Å²) in [5.41, 5.74) is 1.35. The van der Waals surface area contributed by atoms with Crippen LogP contribution in [0.15, 0.2) is 54.6 Å². The van der Waals surface area contributed by atoms with E-state index in [2.05, 4.69) is 0 Å². The molecule has 0 aromatic heterocycles. The number of rotatable bonds is 4. The summed E-state index contributed by atoms with van der Waals surface area (Å²) in [6.07, 6.45) is -0.470. The third-order valence-electron chi connectivity index (χ3n) is 3.56. The van der Waals surface area contributed by atoms with Crippen molar-refractivity contribution >= 4 is 17.7 Å². The third kappa shape index (κ3) is 3.29. The first-order valence-corrected chi connectivity index (χ1v) is 7.22.